The fraction of sp³-hybridized carbons (Fsp3) is 0.455. The van der Waals surface area contributed by atoms with E-state index in [1.165, 1.54) is 23.5 Å². The van der Waals surface area contributed by atoms with Crippen LogP contribution in [0.3, 0.4) is 0 Å². The van der Waals surface area contributed by atoms with Crippen molar-refractivity contribution >= 4 is 28.0 Å². The average molecular weight is 468 g/mol. The molecule has 2 aliphatic heterocycles. The largest absolute Gasteiger partial charge is 0.416 e. The number of likely N-dealkylation sites (tertiary alicyclic amines) is 1. The molecule has 0 aliphatic carbocycles. The van der Waals surface area contributed by atoms with Crippen molar-refractivity contribution in [3.8, 4) is 0 Å². The van der Waals surface area contributed by atoms with Gasteiger partial charge in [0.1, 0.15) is 5.00 Å². The minimum Gasteiger partial charge on any atom is -0.392 e. The third-order valence-corrected chi connectivity index (χ3v) is 6.72. The zero-order valence-electron chi connectivity index (χ0n) is 17.2. The Morgan fingerprint density at radius 1 is 1.31 bits per heavy atom. The van der Waals surface area contributed by atoms with Crippen LogP contribution in [0.5, 0.6) is 0 Å². The number of amides is 1. The first kappa shape index (κ1) is 22.9. The minimum atomic E-state index is -4.56. The van der Waals surface area contributed by atoms with Gasteiger partial charge >= 0.3 is 6.18 Å². The van der Waals surface area contributed by atoms with Crippen LogP contribution in [0.15, 0.2) is 24.3 Å². The summed E-state index contributed by atoms with van der Waals surface area (Å²) in [6.45, 7) is 1.84. The Hall–Kier alpha value is -2.27. The normalized spacial score (nSPS) is 19.4. The number of hydrogen-bond donors (Lipinski definition) is 2. The van der Waals surface area contributed by atoms with E-state index in [0.717, 1.165) is 23.4 Å². The molecule has 10 heteroatoms. The molecule has 0 spiro atoms. The maximum Gasteiger partial charge on any atom is 0.416 e. The number of carbonyl (C=O) groups is 2. The Labute approximate surface area is 187 Å². The number of aliphatic hydroxyl groups excluding tert-OH is 1. The zero-order valence-corrected chi connectivity index (χ0v) is 18.0. The summed E-state index contributed by atoms with van der Waals surface area (Å²) >= 11 is 1.22. The first-order valence-electron chi connectivity index (χ1n) is 10.4. The predicted molar refractivity (Wildman–Crippen MR) is 113 cm³/mol. The van der Waals surface area contributed by atoms with E-state index >= 15 is 0 Å². The molecular formula is C22H23F3N2O4S. The molecule has 32 heavy (non-hydrogen) atoms. The number of fused-ring (bicyclic) bond motifs is 1. The molecule has 4 rings (SSSR count). The molecule has 1 aromatic carbocycles. The lowest BCUT2D eigenvalue weighted by molar-refractivity contribution is -0.137. The fourth-order valence-corrected chi connectivity index (χ4v) is 5.28. The summed E-state index contributed by atoms with van der Waals surface area (Å²) in [5.41, 5.74) is -0.0291. The van der Waals surface area contributed by atoms with Crippen LogP contribution in [-0.2, 0) is 28.7 Å². The lowest BCUT2D eigenvalue weighted by atomic mass is 9.96. The molecule has 0 saturated carbocycles. The second kappa shape index (κ2) is 9.30. The van der Waals surface area contributed by atoms with Crippen LogP contribution in [0.2, 0.25) is 0 Å². The van der Waals surface area contributed by atoms with Crippen molar-refractivity contribution in [2.75, 3.05) is 31.6 Å². The van der Waals surface area contributed by atoms with E-state index in [1.54, 1.807) is 0 Å². The molecule has 2 N–H and O–H groups in total. The summed E-state index contributed by atoms with van der Waals surface area (Å²) in [4.78, 5) is 28.6. The summed E-state index contributed by atoms with van der Waals surface area (Å²) in [6, 6.07) is 4.31. The zero-order chi connectivity index (χ0) is 22.9. The van der Waals surface area contributed by atoms with Gasteiger partial charge in [0.2, 0.25) is 5.91 Å². The maximum absolute atomic E-state index is 13.3. The van der Waals surface area contributed by atoms with Crippen LogP contribution in [0.4, 0.5) is 18.2 Å². The van der Waals surface area contributed by atoms with Crippen molar-refractivity contribution in [1.29, 1.82) is 0 Å². The van der Waals surface area contributed by atoms with Gasteiger partial charge in [0.15, 0.2) is 5.78 Å². The van der Waals surface area contributed by atoms with Crippen molar-refractivity contribution < 1.29 is 32.6 Å². The van der Waals surface area contributed by atoms with Crippen LogP contribution in [0.1, 0.15) is 44.8 Å². The number of alkyl halides is 3. The van der Waals surface area contributed by atoms with Gasteiger partial charge in [-0.3, -0.25) is 14.5 Å². The summed E-state index contributed by atoms with van der Waals surface area (Å²) < 4.78 is 44.9. The smallest absolute Gasteiger partial charge is 0.392 e. The third kappa shape index (κ3) is 5.03. The molecule has 1 fully saturated rings. The van der Waals surface area contributed by atoms with Gasteiger partial charge in [0.05, 0.1) is 37.0 Å². The van der Waals surface area contributed by atoms with Gasteiger partial charge in [-0.1, -0.05) is 12.1 Å². The molecule has 1 amide bonds. The Morgan fingerprint density at radius 2 is 2.12 bits per heavy atom. The van der Waals surface area contributed by atoms with Crippen molar-refractivity contribution in [3.05, 3.63) is 51.4 Å². The van der Waals surface area contributed by atoms with E-state index in [2.05, 4.69) is 5.32 Å². The highest BCUT2D eigenvalue weighted by molar-refractivity contribution is 7.17. The number of benzene rings is 1. The van der Waals surface area contributed by atoms with E-state index in [0.29, 0.717) is 43.1 Å². The van der Waals surface area contributed by atoms with Crippen molar-refractivity contribution in [2.24, 2.45) is 0 Å². The minimum absolute atomic E-state index is 0.0628. The van der Waals surface area contributed by atoms with Gasteiger partial charge in [-0.15, -0.1) is 11.3 Å². The molecule has 3 heterocycles. The number of aliphatic hydroxyl groups is 1. The molecule has 1 aromatic heterocycles. The number of piperidine rings is 1. The Morgan fingerprint density at radius 3 is 2.88 bits per heavy atom. The number of anilines is 1. The molecule has 0 bridgehead atoms. The molecule has 172 valence electrons. The topological polar surface area (TPSA) is 78.9 Å². The lowest BCUT2D eigenvalue weighted by Gasteiger charge is -2.29. The van der Waals surface area contributed by atoms with Crippen LogP contribution in [0.25, 0.3) is 0 Å². The summed E-state index contributed by atoms with van der Waals surface area (Å²) in [7, 11) is 0. The predicted octanol–water partition coefficient (Wildman–Crippen LogP) is 3.47. The van der Waals surface area contributed by atoms with Gasteiger partial charge in [0, 0.05) is 17.0 Å². The maximum atomic E-state index is 13.3. The Bertz CT molecular complexity index is 1020. The second-order valence-electron chi connectivity index (χ2n) is 8.00. The number of halogens is 3. The number of ketones is 1. The van der Waals surface area contributed by atoms with Crippen LogP contribution >= 0.6 is 11.3 Å². The summed E-state index contributed by atoms with van der Waals surface area (Å²) in [5.74, 6) is -0.893. The molecule has 1 unspecified atom stereocenters. The first-order chi connectivity index (χ1) is 15.2. The SMILES string of the molecule is O=C(CN1CCCC(O)C1)Nc1sc2c(c1C(=O)c1cccc(C(F)(F)F)c1)CCOC2. The number of hydrogen-bond acceptors (Lipinski definition) is 6. The van der Waals surface area contributed by atoms with E-state index in [-0.39, 0.29) is 30.2 Å². The van der Waals surface area contributed by atoms with Crippen molar-refractivity contribution in [2.45, 2.75) is 38.1 Å². The quantitative estimate of drug-likeness (QED) is 0.657. The van der Waals surface area contributed by atoms with E-state index in [4.69, 9.17) is 4.74 Å². The number of nitrogens with one attached hydrogen (secondary N) is 1. The van der Waals surface area contributed by atoms with Gasteiger partial charge in [-0.25, -0.2) is 0 Å². The number of thiophene rings is 1. The van der Waals surface area contributed by atoms with Crippen LogP contribution < -0.4 is 5.32 Å². The lowest BCUT2D eigenvalue weighted by Crippen LogP contribution is -2.42. The first-order valence-corrected chi connectivity index (χ1v) is 11.2. The van der Waals surface area contributed by atoms with Gasteiger partial charge < -0.3 is 15.2 Å². The number of carbonyl (C=O) groups excluding carboxylic acids is 2. The highest BCUT2D eigenvalue weighted by Gasteiger charge is 2.33. The molecular weight excluding hydrogens is 445 g/mol. The molecule has 2 aliphatic rings. The van der Waals surface area contributed by atoms with Crippen LogP contribution in [0, 0.1) is 0 Å². The number of nitrogens with zero attached hydrogens (tertiary/aromatic N) is 1. The van der Waals surface area contributed by atoms with Crippen molar-refractivity contribution in [3.63, 3.8) is 0 Å². The van der Waals surface area contributed by atoms with Gasteiger partial charge in [-0.05, 0) is 43.5 Å². The molecule has 0 radical (unpaired) electrons. The number of ether oxygens (including phenoxy) is 1. The molecule has 1 saturated heterocycles. The van der Waals surface area contributed by atoms with E-state index < -0.39 is 23.6 Å². The molecule has 6 nitrogen and oxygen atoms in total. The standard InChI is InChI=1S/C22H23F3N2O4S/c23-22(24,25)14-4-1-3-13(9-14)20(30)19-16-6-8-31-12-17(16)32-21(19)26-18(29)11-27-7-2-5-15(28)10-27/h1,3-4,9,15,28H,2,5-8,10-12H2,(H,26,29). The highest BCUT2D eigenvalue weighted by Crippen LogP contribution is 2.38. The van der Waals surface area contributed by atoms with Gasteiger partial charge in [-0.2, -0.15) is 13.2 Å². The summed E-state index contributed by atoms with van der Waals surface area (Å²) in [5, 5.41) is 12.9. The number of rotatable bonds is 5. The average Bonchev–Trinajstić information content (AvgIpc) is 3.10. The Balaban J connectivity index is 1.61. The monoisotopic (exact) mass is 468 g/mol. The Kier molecular flexibility index (Phi) is 6.66. The van der Waals surface area contributed by atoms with Gasteiger partial charge in [0.25, 0.3) is 0 Å². The molecule has 1 atom stereocenters. The number of β-amino-alcohol motifs (C(OH)–C–C–N with tert-alkyl or cyclic N) is 1. The summed E-state index contributed by atoms with van der Waals surface area (Å²) in [6.07, 6.45) is -3.10. The molecule has 2 aromatic rings. The second-order valence-corrected chi connectivity index (χ2v) is 9.10. The van der Waals surface area contributed by atoms with E-state index in [1.807, 2.05) is 4.90 Å². The van der Waals surface area contributed by atoms with Crippen molar-refractivity contribution in [1.82, 2.24) is 4.90 Å². The van der Waals surface area contributed by atoms with E-state index in [9.17, 15) is 27.9 Å². The third-order valence-electron chi connectivity index (χ3n) is 5.60. The highest BCUT2D eigenvalue weighted by atomic mass is 32.1. The fourth-order valence-electron chi connectivity index (χ4n) is 4.09. The van der Waals surface area contributed by atoms with Crippen LogP contribution in [-0.4, -0.2) is 54.0 Å².